The van der Waals surface area contributed by atoms with Gasteiger partial charge < -0.3 is 10.7 Å². The number of carbonyl (C=O) groups excluding carboxylic acids is 1. The monoisotopic (exact) mass is 327 g/mol. The van der Waals surface area contributed by atoms with Crippen LogP contribution in [0.2, 0.25) is 10.0 Å². The Labute approximate surface area is 131 Å². The first-order valence-electron chi connectivity index (χ1n) is 5.99. The Morgan fingerprint density at radius 1 is 1.19 bits per heavy atom. The molecular weight excluding hydrogens is 316 g/mol. The first-order valence-corrected chi connectivity index (χ1v) is 6.75. The maximum absolute atomic E-state index is 13.0. The molecule has 0 spiro atoms. The Kier molecular flexibility index (Phi) is 5.01. The van der Waals surface area contributed by atoms with E-state index in [-0.39, 0.29) is 17.5 Å². The van der Waals surface area contributed by atoms with Gasteiger partial charge in [0.1, 0.15) is 5.82 Å². The molecule has 4 N–H and O–H groups in total. The summed E-state index contributed by atoms with van der Waals surface area (Å²) in [6.45, 7) is 0.204. The van der Waals surface area contributed by atoms with Crippen molar-refractivity contribution in [3.63, 3.8) is 0 Å². The molecule has 7 heteroatoms. The molecule has 0 bridgehead atoms. The van der Waals surface area contributed by atoms with Gasteiger partial charge in [-0.3, -0.25) is 10.6 Å². The summed E-state index contributed by atoms with van der Waals surface area (Å²) in [5.41, 5.74) is 3.88. The van der Waals surface area contributed by atoms with Gasteiger partial charge in [0, 0.05) is 11.6 Å². The van der Waals surface area contributed by atoms with Crippen molar-refractivity contribution in [2.24, 2.45) is 5.84 Å². The van der Waals surface area contributed by atoms with Crippen molar-refractivity contribution in [2.45, 2.75) is 6.54 Å². The van der Waals surface area contributed by atoms with Crippen LogP contribution in [0.25, 0.3) is 0 Å². The smallest absolute Gasteiger partial charge is 0.253 e. The number of nitrogens with two attached hydrogens (primary N) is 1. The number of hydrogen-bond donors (Lipinski definition) is 3. The number of halogens is 3. The second-order valence-electron chi connectivity index (χ2n) is 4.27. The molecule has 21 heavy (non-hydrogen) atoms. The second kappa shape index (κ2) is 6.76. The summed E-state index contributed by atoms with van der Waals surface area (Å²) in [6.07, 6.45) is 0. The maximum atomic E-state index is 13.0. The molecule has 0 saturated carbocycles. The average Bonchev–Trinajstić information content (AvgIpc) is 2.48. The summed E-state index contributed by atoms with van der Waals surface area (Å²) in [6, 6.07) is 8.97. The number of benzene rings is 2. The van der Waals surface area contributed by atoms with Crippen LogP contribution < -0.4 is 16.6 Å². The average molecular weight is 328 g/mol. The van der Waals surface area contributed by atoms with Crippen molar-refractivity contribution in [1.29, 1.82) is 0 Å². The lowest BCUT2D eigenvalue weighted by Gasteiger charge is -2.10. The Morgan fingerprint density at radius 3 is 2.62 bits per heavy atom. The van der Waals surface area contributed by atoms with Gasteiger partial charge in [0.05, 0.1) is 16.3 Å². The van der Waals surface area contributed by atoms with E-state index in [9.17, 15) is 9.18 Å². The maximum Gasteiger partial charge on any atom is 0.253 e. The lowest BCUT2D eigenvalue weighted by molar-refractivity contribution is 0.0951. The minimum absolute atomic E-state index is 0.00817. The van der Waals surface area contributed by atoms with Gasteiger partial charge in [0.25, 0.3) is 5.91 Å². The third-order valence-corrected chi connectivity index (χ3v) is 3.34. The van der Waals surface area contributed by atoms with Crippen molar-refractivity contribution in [2.75, 3.05) is 5.43 Å². The van der Waals surface area contributed by atoms with Gasteiger partial charge in [0.2, 0.25) is 0 Å². The molecule has 0 heterocycles. The highest BCUT2D eigenvalue weighted by Crippen LogP contribution is 2.20. The zero-order valence-corrected chi connectivity index (χ0v) is 12.3. The van der Waals surface area contributed by atoms with E-state index in [1.54, 1.807) is 18.2 Å². The molecule has 0 saturated heterocycles. The van der Waals surface area contributed by atoms with Crippen LogP contribution in [0.1, 0.15) is 15.9 Å². The fourth-order valence-corrected chi connectivity index (χ4v) is 2.13. The highest BCUT2D eigenvalue weighted by molar-refractivity contribution is 6.31. The number of anilines is 1. The van der Waals surface area contributed by atoms with E-state index in [1.165, 1.54) is 18.2 Å². The van der Waals surface area contributed by atoms with Crippen LogP contribution in [0, 0.1) is 5.82 Å². The van der Waals surface area contributed by atoms with Crippen molar-refractivity contribution in [3.05, 3.63) is 63.4 Å². The van der Waals surface area contributed by atoms with Crippen LogP contribution in [0.15, 0.2) is 36.4 Å². The summed E-state index contributed by atoms with van der Waals surface area (Å²) in [5.74, 6) is 4.49. The summed E-state index contributed by atoms with van der Waals surface area (Å²) >= 11 is 11.5. The highest BCUT2D eigenvalue weighted by atomic mass is 35.5. The first-order chi connectivity index (χ1) is 10.0. The Bertz CT molecular complexity index is 679. The Hall–Kier alpha value is -1.82. The lowest BCUT2D eigenvalue weighted by atomic mass is 10.1. The minimum atomic E-state index is -0.504. The number of rotatable bonds is 4. The highest BCUT2D eigenvalue weighted by Gasteiger charge is 2.11. The van der Waals surface area contributed by atoms with Crippen molar-refractivity contribution >= 4 is 34.8 Å². The van der Waals surface area contributed by atoms with Crippen LogP contribution in [-0.2, 0) is 6.54 Å². The van der Waals surface area contributed by atoms with Crippen molar-refractivity contribution in [3.8, 4) is 0 Å². The largest absolute Gasteiger partial charge is 0.348 e. The molecule has 0 aromatic heterocycles. The molecule has 2 aromatic rings. The second-order valence-corrected chi connectivity index (χ2v) is 5.11. The Balaban J connectivity index is 2.11. The third kappa shape index (κ3) is 3.85. The number of amides is 1. The summed E-state index contributed by atoms with van der Waals surface area (Å²) in [4.78, 5) is 12.1. The molecule has 1 amide bonds. The van der Waals surface area contributed by atoms with Gasteiger partial charge >= 0.3 is 0 Å². The molecule has 4 nitrogen and oxygen atoms in total. The van der Waals surface area contributed by atoms with E-state index in [4.69, 9.17) is 29.0 Å². The van der Waals surface area contributed by atoms with Crippen LogP contribution in [0.3, 0.4) is 0 Å². The van der Waals surface area contributed by atoms with Gasteiger partial charge in [0.15, 0.2) is 0 Å². The molecule has 2 rings (SSSR count). The number of hydrazine groups is 1. The van der Waals surface area contributed by atoms with E-state index in [1.807, 2.05) is 0 Å². The predicted octanol–water partition coefficient (Wildman–Crippen LogP) is 3.35. The lowest BCUT2D eigenvalue weighted by Crippen LogP contribution is -2.24. The van der Waals surface area contributed by atoms with Gasteiger partial charge in [-0.15, -0.1) is 0 Å². The quantitative estimate of drug-likeness (QED) is 0.596. The normalized spacial score (nSPS) is 10.3. The summed E-state index contributed by atoms with van der Waals surface area (Å²) in [7, 11) is 0. The van der Waals surface area contributed by atoms with Gasteiger partial charge in [-0.25, -0.2) is 4.39 Å². The molecule has 0 atom stereocenters. The van der Waals surface area contributed by atoms with E-state index < -0.39 is 5.82 Å². The number of hydrogen-bond acceptors (Lipinski definition) is 3. The van der Waals surface area contributed by atoms with Crippen LogP contribution in [0.5, 0.6) is 0 Å². The predicted molar refractivity (Wildman–Crippen MR) is 81.8 cm³/mol. The SMILES string of the molecule is NNc1ccc(Cl)cc1C(=O)NCc1ccc(F)c(Cl)c1. The fraction of sp³-hybridized carbons (Fsp3) is 0.0714. The van der Waals surface area contributed by atoms with Gasteiger partial charge in [-0.2, -0.15) is 0 Å². The van der Waals surface area contributed by atoms with E-state index in [2.05, 4.69) is 10.7 Å². The minimum Gasteiger partial charge on any atom is -0.348 e. The molecule has 0 aliphatic carbocycles. The van der Waals surface area contributed by atoms with Crippen molar-refractivity contribution in [1.82, 2.24) is 5.32 Å². The van der Waals surface area contributed by atoms with Crippen LogP contribution in [0.4, 0.5) is 10.1 Å². The molecule has 0 radical (unpaired) electrons. The standard InChI is InChI=1S/C14H12Cl2FN3O/c15-9-2-4-13(20-18)10(6-9)14(21)19-7-8-1-3-12(17)11(16)5-8/h1-6,20H,7,18H2,(H,19,21). The summed E-state index contributed by atoms with van der Waals surface area (Å²) < 4.78 is 13.0. The molecule has 0 unspecified atom stereocenters. The fourth-order valence-electron chi connectivity index (χ4n) is 1.76. The molecular formula is C14H12Cl2FN3O. The molecule has 110 valence electrons. The molecule has 0 aliphatic rings. The summed E-state index contributed by atoms with van der Waals surface area (Å²) in [5, 5.41) is 3.12. The van der Waals surface area contributed by atoms with E-state index >= 15 is 0 Å². The number of nitrogen functional groups attached to an aromatic ring is 1. The molecule has 2 aromatic carbocycles. The molecule has 0 aliphatic heterocycles. The third-order valence-electron chi connectivity index (χ3n) is 2.82. The topological polar surface area (TPSA) is 67.1 Å². The zero-order chi connectivity index (χ0) is 15.4. The van der Waals surface area contributed by atoms with Gasteiger partial charge in [-0.05, 0) is 35.9 Å². The first kappa shape index (κ1) is 15.6. The van der Waals surface area contributed by atoms with E-state index in [0.717, 1.165) is 0 Å². The zero-order valence-electron chi connectivity index (χ0n) is 10.8. The molecule has 0 fully saturated rings. The Morgan fingerprint density at radius 2 is 1.95 bits per heavy atom. The van der Waals surface area contributed by atoms with E-state index in [0.29, 0.717) is 21.8 Å². The van der Waals surface area contributed by atoms with Crippen molar-refractivity contribution < 1.29 is 9.18 Å². The number of nitrogens with one attached hydrogen (secondary N) is 2. The van der Waals surface area contributed by atoms with Gasteiger partial charge in [-0.1, -0.05) is 29.3 Å². The van der Waals surface area contributed by atoms with Crippen LogP contribution >= 0.6 is 23.2 Å². The van der Waals surface area contributed by atoms with Crippen LogP contribution in [-0.4, -0.2) is 5.91 Å². The number of carbonyl (C=O) groups is 1.